The van der Waals surface area contributed by atoms with E-state index >= 15 is 0 Å². The Labute approximate surface area is 206 Å². The largest absolute Gasteiger partial charge is 0.505 e. The second-order valence-electron chi connectivity index (χ2n) is 7.43. The predicted octanol–water partition coefficient (Wildman–Crippen LogP) is 6.26. The highest BCUT2D eigenvalue weighted by Gasteiger charge is 2.32. The smallest absolute Gasteiger partial charge is 0.416 e. The summed E-state index contributed by atoms with van der Waals surface area (Å²) in [5, 5.41) is 22.4. The van der Waals surface area contributed by atoms with Crippen LogP contribution in [-0.4, -0.2) is 25.9 Å². The fourth-order valence-corrected chi connectivity index (χ4v) is 3.87. The molecule has 0 aliphatic heterocycles. The summed E-state index contributed by atoms with van der Waals surface area (Å²) in [6.07, 6.45) is -3.01. The first-order valence-corrected chi connectivity index (χ1v) is 10.8. The van der Waals surface area contributed by atoms with E-state index in [-0.39, 0.29) is 39.4 Å². The summed E-state index contributed by atoms with van der Waals surface area (Å²) in [7, 11) is 1.65. The number of hydrogen-bond acceptors (Lipinski definition) is 5. The first-order valence-electron chi connectivity index (χ1n) is 10.0. The number of nitrogens with one attached hydrogen (secondary N) is 3. The maximum absolute atomic E-state index is 13.2. The van der Waals surface area contributed by atoms with Crippen LogP contribution in [0.15, 0.2) is 48.7 Å². The minimum absolute atomic E-state index is 0.0295. The van der Waals surface area contributed by atoms with Crippen molar-refractivity contribution in [2.45, 2.75) is 12.7 Å². The van der Waals surface area contributed by atoms with Crippen molar-refractivity contribution in [3.63, 3.8) is 0 Å². The average molecular weight is 525 g/mol. The van der Waals surface area contributed by atoms with Gasteiger partial charge in [0.05, 0.1) is 26.5 Å². The summed E-state index contributed by atoms with van der Waals surface area (Å²) in [4.78, 5) is 16.7. The lowest BCUT2D eigenvalue weighted by atomic mass is 10.1. The lowest BCUT2D eigenvalue weighted by Gasteiger charge is -2.13. The molecule has 0 radical (unpaired) electrons. The summed E-state index contributed by atoms with van der Waals surface area (Å²) in [5.41, 5.74) is 0.195. The molecule has 13 heteroatoms. The van der Waals surface area contributed by atoms with Gasteiger partial charge in [-0.2, -0.15) is 18.3 Å². The molecule has 2 aromatic carbocycles. The number of benzene rings is 2. The van der Waals surface area contributed by atoms with Crippen LogP contribution in [0.25, 0.3) is 10.9 Å². The number of fused-ring (bicyclic) bond motifs is 1. The zero-order chi connectivity index (χ0) is 25.3. The third kappa shape index (κ3) is 5.36. The molecule has 0 fully saturated rings. The van der Waals surface area contributed by atoms with Crippen molar-refractivity contribution in [2.75, 3.05) is 16.0 Å². The Bertz CT molecular complexity index is 1400. The molecular formula is C22H17Cl2F3N6O2. The van der Waals surface area contributed by atoms with Gasteiger partial charge in [0.25, 0.3) is 0 Å². The molecule has 2 amide bonds. The van der Waals surface area contributed by atoms with E-state index in [1.807, 2.05) is 0 Å². The van der Waals surface area contributed by atoms with Gasteiger partial charge < -0.3 is 15.7 Å². The Kier molecular flexibility index (Phi) is 6.64. The highest BCUT2D eigenvalue weighted by atomic mass is 35.5. The van der Waals surface area contributed by atoms with Crippen LogP contribution in [0.5, 0.6) is 5.75 Å². The van der Waals surface area contributed by atoms with Gasteiger partial charge in [-0.15, -0.1) is 0 Å². The average Bonchev–Trinajstić information content (AvgIpc) is 3.10. The van der Waals surface area contributed by atoms with E-state index in [0.717, 1.165) is 6.07 Å². The SMILES string of the molecule is Cn1nc(NC(=O)Nc2cc(Cl)c(O)c(Cl)c2)c2cnc(NCc3ccccc3C(F)(F)F)cc21. The van der Waals surface area contributed by atoms with Gasteiger partial charge in [0.15, 0.2) is 11.6 Å². The van der Waals surface area contributed by atoms with Crippen LogP contribution in [0.1, 0.15) is 11.1 Å². The fourth-order valence-electron chi connectivity index (χ4n) is 3.39. The minimum Gasteiger partial charge on any atom is -0.505 e. The number of anilines is 3. The van der Waals surface area contributed by atoms with Gasteiger partial charge in [-0.25, -0.2) is 9.78 Å². The second kappa shape index (κ2) is 9.51. The van der Waals surface area contributed by atoms with Crippen LogP contribution < -0.4 is 16.0 Å². The summed E-state index contributed by atoms with van der Waals surface area (Å²) < 4.78 is 41.2. The quantitative estimate of drug-likeness (QED) is 0.231. The first-order chi connectivity index (χ1) is 16.5. The molecule has 0 aliphatic carbocycles. The molecule has 8 nitrogen and oxygen atoms in total. The number of urea groups is 1. The molecule has 0 unspecified atom stereocenters. The summed E-state index contributed by atoms with van der Waals surface area (Å²) in [6, 6.07) is 8.92. The van der Waals surface area contributed by atoms with E-state index in [2.05, 4.69) is 26.0 Å². The molecule has 2 heterocycles. The molecule has 0 saturated heterocycles. The van der Waals surface area contributed by atoms with E-state index in [1.165, 1.54) is 41.2 Å². The van der Waals surface area contributed by atoms with Gasteiger partial charge in [-0.1, -0.05) is 41.4 Å². The number of amides is 2. The van der Waals surface area contributed by atoms with Gasteiger partial charge >= 0.3 is 12.2 Å². The van der Waals surface area contributed by atoms with E-state index in [1.54, 1.807) is 13.1 Å². The summed E-state index contributed by atoms with van der Waals surface area (Å²) in [6.45, 7) is -0.0860. The van der Waals surface area contributed by atoms with Crippen molar-refractivity contribution in [1.82, 2.24) is 14.8 Å². The fraction of sp³-hybridized carbons (Fsp3) is 0.136. The van der Waals surface area contributed by atoms with Crippen molar-refractivity contribution >= 4 is 57.5 Å². The molecule has 0 spiro atoms. The number of phenolic OH excluding ortho intramolecular Hbond substituents is 1. The number of aryl methyl sites for hydroxylation is 1. The Morgan fingerprint density at radius 2 is 1.80 bits per heavy atom. The zero-order valence-corrected chi connectivity index (χ0v) is 19.4. The monoisotopic (exact) mass is 524 g/mol. The minimum atomic E-state index is -4.46. The number of carbonyl (C=O) groups excluding carboxylic acids is 1. The van der Waals surface area contributed by atoms with Gasteiger partial charge in [0, 0.05) is 31.5 Å². The van der Waals surface area contributed by atoms with Crippen LogP contribution in [0.4, 0.5) is 35.3 Å². The molecule has 182 valence electrons. The molecule has 4 aromatic rings. The topological polar surface area (TPSA) is 104 Å². The Morgan fingerprint density at radius 1 is 1.11 bits per heavy atom. The first kappa shape index (κ1) is 24.4. The number of aromatic hydroxyl groups is 1. The third-order valence-electron chi connectivity index (χ3n) is 5.03. The number of carbonyl (C=O) groups is 1. The van der Waals surface area contributed by atoms with E-state index < -0.39 is 17.8 Å². The number of phenols is 1. The van der Waals surface area contributed by atoms with Gasteiger partial charge in [-0.05, 0) is 23.8 Å². The molecule has 0 saturated carbocycles. The molecule has 0 aliphatic rings. The van der Waals surface area contributed by atoms with Crippen molar-refractivity contribution in [1.29, 1.82) is 0 Å². The Hall–Kier alpha value is -3.70. The van der Waals surface area contributed by atoms with E-state index in [4.69, 9.17) is 23.2 Å². The van der Waals surface area contributed by atoms with Crippen LogP contribution in [-0.2, 0) is 19.8 Å². The summed E-state index contributed by atoms with van der Waals surface area (Å²) >= 11 is 11.7. The van der Waals surface area contributed by atoms with Crippen molar-refractivity contribution in [3.05, 3.63) is 69.8 Å². The Morgan fingerprint density at radius 3 is 2.49 bits per heavy atom. The van der Waals surface area contributed by atoms with E-state index in [9.17, 15) is 23.1 Å². The second-order valence-corrected chi connectivity index (χ2v) is 8.25. The molecular weight excluding hydrogens is 508 g/mol. The molecule has 0 atom stereocenters. The molecule has 35 heavy (non-hydrogen) atoms. The lowest BCUT2D eigenvalue weighted by Crippen LogP contribution is -2.20. The zero-order valence-electron chi connectivity index (χ0n) is 17.9. The number of aromatic nitrogens is 3. The number of alkyl halides is 3. The maximum Gasteiger partial charge on any atom is 0.416 e. The molecule has 2 aromatic heterocycles. The van der Waals surface area contributed by atoms with Gasteiger partial charge in [0.2, 0.25) is 0 Å². The lowest BCUT2D eigenvalue weighted by molar-refractivity contribution is -0.138. The highest BCUT2D eigenvalue weighted by Crippen LogP contribution is 2.35. The van der Waals surface area contributed by atoms with Gasteiger partial charge in [0.1, 0.15) is 5.82 Å². The third-order valence-corrected chi connectivity index (χ3v) is 5.60. The van der Waals surface area contributed by atoms with Crippen LogP contribution in [0.3, 0.4) is 0 Å². The summed E-state index contributed by atoms with van der Waals surface area (Å²) in [5.74, 6) is 0.242. The number of rotatable bonds is 5. The standard InChI is InChI=1S/C22H17Cl2F3N6O2/c1-33-17-8-18(28-9-11-4-2-3-5-14(11)22(25,26)27)29-10-13(17)20(32-33)31-21(35)30-12-6-15(23)19(34)16(24)7-12/h2-8,10,34H,9H2,1H3,(H,28,29)(H2,30,31,32,35). The maximum atomic E-state index is 13.2. The number of pyridine rings is 1. The van der Waals surface area contributed by atoms with Crippen molar-refractivity contribution < 1.29 is 23.1 Å². The molecule has 4 rings (SSSR count). The molecule has 0 bridgehead atoms. The van der Waals surface area contributed by atoms with Crippen LogP contribution in [0.2, 0.25) is 10.0 Å². The normalized spacial score (nSPS) is 11.5. The van der Waals surface area contributed by atoms with Gasteiger partial charge in [-0.3, -0.25) is 10.00 Å². The molecule has 4 N–H and O–H groups in total. The predicted molar refractivity (Wildman–Crippen MR) is 128 cm³/mol. The Balaban J connectivity index is 1.50. The number of nitrogens with zero attached hydrogens (tertiary/aromatic N) is 3. The number of hydrogen-bond donors (Lipinski definition) is 4. The van der Waals surface area contributed by atoms with Crippen molar-refractivity contribution in [3.8, 4) is 5.75 Å². The van der Waals surface area contributed by atoms with Crippen LogP contribution >= 0.6 is 23.2 Å². The number of halogens is 5. The van der Waals surface area contributed by atoms with Crippen LogP contribution in [0, 0.1) is 0 Å². The highest BCUT2D eigenvalue weighted by molar-refractivity contribution is 6.37. The van der Waals surface area contributed by atoms with E-state index in [0.29, 0.717) is 16.7 Å². The van der Waals surface area contributed by atoms with Crippen molar-refractivity contribution in [2.24, 2.45) is 7.05 Å².